The van der Waals surface area contributed by atoms with Crippen molar-refractivity contribution in [3.8, 4) is 0 Å². The first-order valence-electron chi connectivity index (χ1n) is 7.95. The number of nitrogens with zero attached hydrogens (tertiary/aromatic N) is 4. The number of halogens is 1. The lowest BCUT2D eigenvalue weighted by molar-refractivity contribution is 0.312. The van der Waals surface area contributed by atoms with Crippen molar-refractivity contribution in [1.82, 2.24) is 14.9 Å². The van der Waals surface area contributed by atoms with E-state index in [1.165, 1.54) is 6.21 Å². The summed E-state index contributed by atoms with van der Waals surface area (Å²) < 4.78 is 1.06. The number of aromatic nitrogens is 2. The third-order valence-electron chi connectivity index (χ3n) is 4.21. The number of rotatable bonds is 5. The van der Waals surface area contributed by atoms with Gasteiger partial charge in [-0.1, -0.05) is 34.1 Å². The van der Waals surface area contributed by atoms with Crippen molar-refractivity contribution in [2.45, 2.75) is 6.54 Å². The molecule has 0 bridgehead atoms. The fraction of sp³-hybridized carbons (Fsp3) is 0.353. The van der Waals surface area contributed by atoms with Gasteiger partial charge in [0.2, 0.25) is 0 Å². The van der Waals surface area contributed by atoms with Crippen LogP contribution >= 0.6 is 15.9 Å². The second-order valence-electron chi connectivity index (χ2n) is 5.84. The molecule has 126 valence electrons. The van der Waals surface area contributed by atoms with Gasteiger partial charge in [0.15, 0.2) is 0 Å². The molecule has 0 atom stereocenters. The zero-order chi connectivity index (χ0) is 16.9. The van der Waals surface area contributed by atoms with Crippen LogP contribution in [0.25, 0.3) is 0 Å². The Kier molecular flexibility index (Phi) is 5.42. The molecule has 1 aliphatic rings. The van der Waals surface area contributed by atoms with E-state index in [-0.39, 0.29) is 0 Å². The van der Waals surface area contributed by atoms with Gasteiger partial charge in [-0.05, 0) is 18.7 Å². The maximum Gasteiger partial charge on any atom is 0.143 e. The number of piperazine rings is 1. The van der Waals surface area contributed by atoms with Gasteiger partial charge in [0, 0.05) is 43.4 Å². The quantitative estimate of drug-likeness (QED) is 0.770. The van der Waals surface area contributed by atoms with Gasteiger partial charge < -0.3 is 20.5 Å². The summed E-state index contributed by atoms with van der Waals surface area (Å²) in [4.78, 5) is 13.3. The highest BCUT2D eigenvalue weighted by Crippen LogP contribution is 2.24. The van der Waals surface area contributed by atoms with E-state index in [0.29, 0.717) is 12.4 Å². The van der Waals surface area contributed by atoms with Gasteiger partial charge in [-0.15, -0.1) is 0 Å². The molecule has 0 radical (unpaired) electrons. The van der Waals surface area contributed by atoms with Crippen LogP contribution in [0.4, 0.5) is 11.6 Å². The Morgan fingerprint density at radius 2 is 1.96 bits per heavy atom. The summed E-state index contributed by atoms with van der Waals surface area (Å²) >= 11 is 3.56. The van der Waals surface area contributed by atoms with Crippen LogP contribution in [0.15, 0.2) is 35.1 Å². The molecule has 0 spiro atoms. The van der Waals surface area contributed by atoms with E-state index in [1.54, 1.807) is 6.33 Å². The summed E-state index contributed by atoms with van der Waals surface area (Å²) in [6.45, 7) is 4.47. The van der Waals surface area contributed by atoms with E-state index in [4.69, 9.17) is 5.41 Å². The Bertz CT molecular complexity index is 712. The van der Waals surface area contributed by atoms with Gasteiger partial charge in [-0.2, -0.15) is 0 Å². The maximum absolute atomic E-state index is 7.82. The molecule has 1 aromatic heterocycles. The Balaban J connectivity index is 1.80. The fourth-order valence-electron chi connectivity index (χ4n) is 2.75. The van der Waals surface area contributed by atoms with Gasteiger partial charge in [-0.25, -0.2) is 9.97 Å². The van der Waals surface area contributed by atoms with Crippen molar-refractivity contribution < 1.29 is 0 Å². The second-order valence-corrected chi connectivity index (χ2v) is 6.69. The Labute approximate surface area is 150 Å². The van der Waals surface area contributed by atoms with E-state index < -0.39 is 0 Å². The molecule has 0 aliphatic carbocycles. The van der Waals surface area contributed by atoms with Gasteiger partial charge in [0.1, 0.15) is 18.0 Å². The third-order valence-corrected chi connectivity index (χ3v) is 4.99. The number of hydrogen-bond donors (Lipinski definition) is 2. The zero-order valence-corrected chi connectivity index (χ0v) is 15.3. The Morgan fingerprint density at radius 1 is 1.21 bits per heavy atom. The lowest BCUT2D eigenvalue weighted by Gasteiger charge is -2.34. The molecule has 2 N–H and O–H groups in total. The van der Waals surface area contributed by atoms with Crippen molar-refractivity contribution in [3.63, 3.8) is 0 Å². The van der Waals surface area contributed by atoms with Crippen molar-refractivity contribution in [2.24, 2.45) is 0 Å². The minimum absolute atomic E-state index is 0.640. The largest absolute Gasteiger partial charge is 0.365 e. The summed E-state index contributed by atoms with van der Waals surface area (Å²) in [6.07, 6.45) is 2.92. The highest BCUT2D eigenvalue weighted by atomic mass is 79.9. The molecule has 1 saturated heterocycles. The van der Waals surface area contributed by atoms with Crippen LogP contribution in [-0.4, -0.2) is 54.3 Å². The molecule has 1 aliphatic heterocycles. The Morgan fingerprint density at radius 3 is 2.67 bits per heavy atom. The number of likely N-dealkylation sites (N-methyl/N-ethyl adjacent to an activating group) is 1. The van der Waals surface area contributed by atoms with Gasteiger partial charge in [0.05, 0.1) is 5.56 Å². The van der Waals surface area contributed by atoms with Crippen LogP contribution < -0.4 is 10.2 Å². The monoisotopic (exact) mass is 388 g/mol. The summed E-state index contributed by atoms with van der Waals surface area (Å²) in [5, 5.41) is 11.2. The number of nitrogens with one attached hydrogen (secondary N) is 2. The normalized spacial score (nSPS) is 15.3. The van der Waals surface area contributed by atoms with E-state index in [9.17, 15) is 0 Å². The summed E-state index contributed by atoms with van der Waals surface area (Å²) in [5.41, 5.74) is 1.89. The maximum atomic E-state index is 7.82. The predicted octanol–water partition coefficient (Wildman–Crippen LogP) is 2.60. The summed E-state index contributed by atoms with van der Waals surface area (Å²) in [6, 6.07) is 8.08. The number of benzene rings is 1. The lowest BCUT2D eigenvalue weighted by Crippen LogP contribution is -2.45. The van der Waals surface area contributed by atoms with Crippen LogP contribution in [0.2, 0.25) is 0 Å². The minimum atomic E-state index is 0.640. The molecule has 0 amide bonds. The van der Waals surface area contributed by atoms with Crippen LogP contribution in [-0.2, 0) is 6.54 Å². The smallest absolute Gasteiger partial charge is 0.143 e. The van der Waals surface area contributed by atoms with Crippen LogP contribution in [0.5, 0.6) is 0 Å². The molecule has 1 aromatic carbocycles. The first kappa shape index (κ1) is 16.9. The Hall–Kier alpha value is -1.99. The predicted molar refractivity (Wildman–Crippen MR) is 101 cm³/mol. The average Bonchev–Trinajstić information content (AvgIpc) is 2.61. The van der Waals surface area contributed by atoms with E-state index in [0.717, 1.165) is 47.6 Å². The minimum Gasteiger partial charge on any atom is -0.365 e. The van der Waals surface area contributed by atoms with Crippen LogP contribution in [0.1, 0.15) is 11.1 Å². The van der Waals surface area contributed by atoms with E-state index in [1.807, 2.05) is 18.2 Å². The van der Waals surface area contributed by atoms with Gasteiger partial charge >= 0.3 is 0 Å². The van der Waals surface area contributed by atoms with E-state index >= 15 is 0 Å². The van der Waals surface area contributed by atoms with Crippen molar-refractivity contribution >= 4 is 33.8 Å². The second kappa shape index (κ2) is 7.72. The first-order chi connectivity index (χ1) is 11.7. The van der Waals surface area contributed by atoms with Crippen molar-refractivity contribution in [1.29, 1.82) is 5.41 Å². The SMILES string of the molecule is CN1CCN(c2ncnc(NCc3ccccc3Br)c2C=N)CC1. The highest BCUT2D eigenvalue weighted by molar-refractivity contribution is 9.10. The van der Waals surface area contributed by atoms with E-state index in [2.05, 4.69) is 54.1 Å². The zero-order valence-electron chi connectivity index (χ0n) is 13.7. The van der Waals surface area contributed by atoms with Crippen molar-refractivity contribution in [3.05, 3.63) is 46.2 Å². The summed E-state index contributed by atoms with van der Waals surface area (Å²) in [5.74, 6) is 1.53. The summed E-state index contributed by atoms with van der Waals surface area (Å²) in [7, 11) is 2.12. The molecule has 24 heavy (non-hydrogen) atoms. The van der Waals surface area contributed by atoms with Crippen LogP contribution in [0.3, 0.4) is 0 Å². The molecular formula is C17H21BrN6. The van der Waals surface area contributed by atoms with Crippen LogP contribution in [0, 0.1) is 5.41 Å². The number of anilines is 2. The molecule has 3 rings (SSSR count). The molecule has 0 saturated carbocycles. The molecular weight excluding hydrogens is 368 g/mol. The van der Waals surface area contributed by atoms with Gasteiger partial charge in [-0.3, -0.25) is 0 Å². The first-order valence-corrected chi connectivity index (χ1v) is 8.74. The van der Waals surface area contributed by atoms with Gasteiger partial charge in [0.25, 0.3) is 0 Å². The standard InChI is InChI=1S/C17H21BrN6/c1-23-6-8-24(9-7-23)17-14(10-19)16(21-12-22-17)20-11-13-4-2-3-5-15(13)18/h2-5,10,12,19H,6-9,11H2,1H3,(H,20,21,22). The highest BCUT2D eigenvalue weighted by Gasteiger charge is 2.20. The fourth-order valence-corrected chi connectivity index (χ4v) is 3.18. The lowest BCUT2D eigenvalue weighted by atomic mass is 10.2. The molecule has 0 unspecified atom stereocenters. The number of hydrogen-bond acceptors (Lipinski definition) is 6. The molecule has 1 fully saturated rings. The average molecular weight is 389 g/mol. The molecule has 7 heteroatoms. The molecule has 2 aromatic rings. The molecule has 6 nitrogen and oxygen atoms in total. The topological polar surface area (TPSA) is 68.1 Å². The molecule has 2 heterocycles. The van der Waals surface area contributed by atoms with Crippen molar-refractivity contribution in [2.75, 3.05) is 43.4 Å². The third kappa shape index (κ3) is 3.73.